The molecule has 0 bridgehead atoms. The van der Waals surface area contributed by atoms with Gasteiger partial charge in [0.05, 0.1) is 0 Å². The summed E-state index contributed by atoms with van der Waals surface area (Å²) in [5.74, 6) is 0. The maximum Gasteiger partial charge on any atom is 0.0249 e. The Hall–Kier alpha value is -0.860. The minimum absolute atomic E-state index is 0.155. The van der Waals surface area contributed by atoms with Gasteiger partial charge in [0.1, 0.15) is 0 Å². The zero-order valence-electron chi connectivity index (χ0n) is 12.8. The van der Waals surface area contributed by atoms with E-state index in [2.05, 4.69) is 57.4 Å². The molecule has 2 N–H and O–H groups in total. The second kappa shape index (κ2) is 6.35. The lowest BCUT2D eigenvalue weighted by atomic mass is 9.98. The monoisotopic (exact) mass is 248 g/mol. The fraction of sp³-hybridized carbons (Fsp3) is 0.625. The fourth-order valence-electron chi connectivity index (χ4n) is 2.33. The molecule has 0 unspecified atom stereocenters. The second-order valence-electron chi connectivity index (χ2n) is 5.95. The van der Waals surface area contributed by atoms with Crippen LogP contribution in [0.15, 0.2) is 12.1 Å². The molecule has 0 fully saturated rings. The molecule has 0 aromatic heterocycles. The first-order valence-corrected chi connectivity index (χ1v) is 6.82. The van der Waals surface area contributed by atoms with Crippen LogP contribution in [-0.2, 0) is 6.42 Å². The summed E-state index contributed by atoms with van der Waals surface area (Å²) in [6.07, 6.45) is 1.10. The van der Waals surface area contributed by atoms with Crippen LogP contribution in [0.3, 0.4) is 0 Å². The van der Waals surface area contributed by atoms with Gasteiger partial charge in [-0.15, -0.1) is 0 Å². The van der Waals surface area contributed by atoms with E-state index >= 15 is 0 Å². The van der Waals surface area contributed by atoms with E-state index in [1.54, 1.807) is 0 Å². The molecular formula is C16H28N2. The third-order valence-corrected chi connectivity index (χ3v) is 3.57. The molecule has 1 rings (SSSR count). The van der Waals surface area contributed by atoms with E-state index in [0.717, 1.165) is 19.5 Å². The topological polar surface area (TPSA) is 24.1 Å². The molecule has 0 heterocycles. The summed E-state index contributed by atoms with van der Waals surface area (Å²) < 4.78 is 0. The molecule has 0 amide bonds. The van der Waals surface area contributed by atoms with Gasteiger partial charge < -0.3 is 10.6 Å². The van der Waals surface area contributed by atoms with E-state index in [0.29, 0.717) is 0 Å². The van der Waals surface area contributed by atoms with Crippen molar-refractivity contribution < 1.29 is 0 Å². The van der Waals surface area contributed by atoms with Crippen molar-refractivity contribution in [3.63, 3.8) is 0 Å². The van der Waals surface area contributed by atoms with Crippen molar-refractivity contribution in [2.75, 3.05) is 20.1 Å². The van der Waals surface area contributed by atoms with Crippen LogP contribution in [0, 0.1) is 20.8 Å². The smallest absolute Gasteiger partial charge is 0.0249 e. The van der Waals surface area contributed by atoms with Crippen LogP contribution < -0.4 is 10.6 Å². The molecule has 0 radical (unpaired) electrons. The maximum absolute atomic E-state index is 3.61. The molecule has 0 aliphatic carbocycles. The van der Waals surface area contributed by atoms with Gasteiger partial charge in [0.2, 0.25) is 0 Å². The molecule has 0 atom stereocenters. The van der Waals surface area contributed by atoms with Gasteiger partial charge in [0, 0.05) is 12.1 Å². The highest BCUT2D eigenvalue weighted by molar-refractivity contribution is 5.36. The van der Waals surface area contributed by atoms with Gasteiger partial charge in [0.25, 0.3) is 0 Å². The molecule has 0 saturated heterocycles. The third-order valence-electron chi connectivity index (χ3n) is 3.57. The van der Waals surface area contributed by atoms with Crippen LogP contribution in [-0.4, -0.2) is 25.7 Å². The van der Waals surface area contributed by atoms with Crippen LogP contribution in [0.4, 0.5) is 0 Å². The lowest BCUT2D eigenvalue weighted by Crippen LogP contribution is -2.47. The zero-order chi connectivity index (χ0) is 13.8. The first kappa shape index (κ1) is 15.2. The molecule has 102 valence electrons. The standard InChI is InChI=1S/C16H28N2/c1-12-9-14(3)15(10-13(12)2)7-8-18-16(4,5)11-17-6/h9-10,17-18H,7-8,11H2,1-6H3. The Morgan fingerprint density at radius 1 is 1.00 bits per heavy atom. The summed E-state index contributed by atoms with van der Waals surface area (Å²) in [6, 6.07) is 4.63. The predicted molar refractivity (Wildman–Crippen MR) is 80.4 cm³/mol. The van der Waals surface area contributed by atoms with Crippen LogP contribution in [0.1, 0.15) is 36.1 Å². The Kier molecular flexibility index (Phi) is 5.36. The molecule has 0 saturated carbocycles. The number of hydrogen-bond acceptors (Lipinski definition) is 2. The largest absolute Gasteiger partial charge is 0.318 e. The molecule has 0 aliphatic heterocycles. The highest BCUT2D eigenvalue weighted by atomic mass is 15.0. The Balaban J connectivity index is 2.57. The van der Waals surface area contributed by atoms with Gasteiger partial charge in [-0.1, -0.05) is 12.1 Å². The lowest BCUT2D eigenvalue weighted by Gasteiger charge is -2.26. The average molecular weight is 248 g/mol. The van der Waals surface area contributed by atoms with E-state index < -0.39 is 0 Å². The van der Waals surface area contributed by atoms with E-state index in [1.165, 1.54) is 22.3 Å². The molecule has 1 aromatic rings. The summed E-state index contributed by atoms with van der Waals surface area (Å²) in [5.41, 5.74) is 5.81. The number of hydrogen-bond donors (Lipinski definition) is 2. The Labute approximate surface area is 112 Å². The maximum atomic E-state index is 3.61. The van der Waals surface area contributed by atoms with Gasteiger partial charge in [0.15, 0.2) is 0 Å². The number of nitrogens with one attached hydrogen (secondary N) is 2. The number of benzene rings is 1. The Bertz CT molecular complexity index is 394. The first-order valence-electron chi connectivity index (χ1n) is 6.82. The average Bonchev–Trinajstić information content (AvgIpc) is 2.25. The lowest BCUT2D eigenvalue weighted by molar-refractivity contribution is 0.378. The molecule has 2 heteroatoms. The number of aryl methyl sites for hydroxylation is 3. The zero-order valence-corrected chi connectivity index (χ0v) is 12.8. The molecule has 1 aromatic carbocycles. The van der Waals surface area contributed by atoms with Crippen molar-refractivity contribution in [3.8, 4) is 0 Å². The highest BCUT2D eigenvalue weighted by Crippen LogP contribution is 2.15. The van der Waals surface area contributed by atoms with Crippen LogP contribution in [0.5, 0.6) is 0 Å². The van der Waals surface area contributed by atoms with Crippen molar-refractivity contribution >= 4 is 0 Å². The Morgan fingerprint density at radius 3 is 2.22 bits per heavy atom. The number of likely N-dealkylation sites (N-methyl/N-ethyl adjacent to an activating group) is 1. The summed E-state index contributed by atoms with van der Waals surface area (Å²) >= 11 is 0. The van der Waals surface area contributed by atoms with Gasteiger partial charge >= 0.3 is 0 Å². The molecule has 0 spiro atoms. The van der Waals surface area contributed by atoms with Gasteiger partial charge in [-0.05, 0) is 76.9 Å². The van der Waals surface area contributed by atoms with E-state index in [4.69, 9.17) is 0 Å². The minimum Gasteiger partial charge on any atom is -0.318 e. The van der Waals surface area contributed by atoms with E-state index in [1.807, 2.05) is 7.05 Å². The third kappa shape index (κ3) is 4.43. The quantitative estimate of drug-likeness (QED) is 0.809. The molecular weight excluding hydrogens is 220 g/mol. The predicted octanol–water partition coefficient (Wildman–Crippen LogP) is 2.74. The van der Waals surface area contributed by atoms with E-state index in [9.17, 15) is 0 Å². The highest BCUT2D eigenvalue weighted by Gasteiger charge is 2.15. The normalized spacial score (nSPS) is 11.9. The summed E-state index contributed by atoms with van der Waals surface area (Å²) in [6.45, 7) is 13.1. The SMILES string of the molecule is CNCC(C)(C)NCCc1cc(C)c(C)cc1C. The van der Waals surface area contributed by atoms with Crippen molar-refractivity contribution in [1.82, 2.24) is 10.6 Å². The van der Waals surface area contributed by atoms with Crippen molar-refractivity contribution in [3.05, 3.63) is 34.4 Å². The minimum atomic E-state index is 0.155. The molecule has 2 nitrogen and oxygen atoms in total. The molecule has 18 heavy (non-hydrogen) atoms. The van der Waals surface area contributed by atoms with Crippen molar-refractivity contribution in [2.24, 2.45) is 0 Å². The summed E-state index contributed by atoms with van der Waals surface area (Å²) in [5, 5.41) is 6.83. The second-order valence-corrected chi connectivity index (χ2v) is 5.95. The van der Waals surface area contributed by atoms with Crippen LogP contribution >= 0.6 is 0 Å². The number of rotatable bonds is 6. The van der Waals surface area contributed by atoms with E-state index in [-0.39, 0.29) is 5.54 Å². The van der Waals surface area contributed by atoms with Crippen molar-refractivity contribution in [2.45, 2.75) is 46.6 Å². The summed E-state index contributed by atoms with van der Waals surface area (Å²) in [4.78, 5) is 0. The van der Waals surface area contributed by atoms with Crippen molar-refractivity contribution in [1.29, 1.82) is 0 Å². The Morgan fingerprint density at radius 2 is 1.61 bits per heavy atom. The fourth-order valence-corrected chi connectivity index (χ4v) is 2.33. The van der Waals surface area contributed by atoms with Gasteiger partial charge in [-0.3, -0.25) is 0 Å². The van der Waals surface area contributed by atoms with Crippen LogP contribution in [0.2, 0.25) is 0 Å². The molecule has 0 aliphatic rings. The van der Waals surface area contributed by atoms with Crippen LogP contribution in [0.25, 0.3) is 0 Å². The van der Waals surface area contributed by atoms with Gasteiger partial charge in [-0.25, -0.2) is 0 Å². The first-order chi connectivity index (χ1) is 8.35. The summed E-state index contributed by atoms with van der Waals surface area (Å²) in [7, 11) is 2.00. The van der Waals surface area contributed by atoms with Gasteiger partial charge in [-0.2, -0.15) is 0 Å².